The Balaban J connectivity index is 0.000000233. The lowest BCUT2D eigenvalue weighted by molar-refractivity contribution is -0.163. The maximum Gasteiger partial charge on any atom is 0.309 e. The van der Waals surface area contributed by atoms with E-state index in [1.165, 1.54) is 18.2 Å². The number of aryl methyl sites for hydroxylation is 3. The van der Waals surface area contributed by atoms with Crippen LogP contribution in [0.25, 0.3) is 0 Å². The van der Waals surface area contributed by atoms with Crippen LogP contribution >= 0.6 is 0 Å². The van der Waals surface area contributed by atoms with Crippen LogP contribution in [0.15, 0.2) is 146 Å². The Morgan fingerprint density at radius 2 is 0.551 bits per heavy atom. The summed E-state index contributed by atoms with van der Waals surface area (Å²) in [4.78, 5) is 80.1. The first kappa shape index (κ1) is 77.8. The number of ether oxygens (including phenoxy) is 12. The van der Waals surface area contributed by atoms with Crippen LogP contribution in [-0.4, -0.2) is 158 Å². The van der Waals surface area contributed by atoms with Crippen LogP contribution in [0.5, 0.6) is 17.2 Å². The van der Waals surface area contributed by atoms with E-state index in [0.29, 0.717) is 78.0 Å². The molecule has 0 saturated heterocycles. The van der Waals surface area contributed by atoms with Crippen molar-refractivity contribution in [2.24, 2.45) is 23.7 Å². The Morgan fingerprint density at radius 3 is 0.847 bits per heavy atom. The van der Waals surface area contributed by atoms with Crippen LogP contribution in [-0.2, 0) is 71.4 Å². The van der Waals surface area contributed by atoms with E-state index in [1.807, 2.05) is 111 Å². The quantitative estimate of drug-likeness (QED) is 0.0208. The minimum Gasteiger partial charge on any atom is -0.497 e. The van der Waals surface area contributed by atoms with Crippen LogP contribution in [0.4, 0.5) is 34.1 Å². The molecule has 98 heavy (non-hydrogen) atoms. The lowest BCUT2D eigenvalue weighted by atomic mass is 9.79. The number of carbonyl (C=O) groups excluding carboxylic acids is 6. The highest BCUT2D eigenvalue weighted by atomic mass is 16.6. The highest BCUT2D eigenvalue weighted by molar-refractivity contribution is 5.82. The number of hydrogen-bond donors (Lipinski definition) is 0. The second-order valence-electron chi connectivity index (χ2n) is 23.7. The fraction of sp³-hybridized carbons (Fsp3) is 0.455. The van der Waals surface area contributed by atoms with Gasteiger partial charge in [0, 0.05) is 55.5 Å². The molecule has 6 aromatic carbocycles. The molecule has 2 fully saturated rings. The number of benzene rings is 6. The van der Waals surface area contributed by atoms with E-state index in [4.69, 9.17) is 56.8 Å². The molecule has 2 unspecified atom stereocenters. The third-order valence-corrected chi connectivity index (χ3v) is 16.8. The van der Waals surface area contributed by atoms with Gasteiger partial charge in [0.05, 0.1) is 97.3 Å². The van der Waals surface area contributed by atoms with Gasteiger partial charge in [-0.2, -0.15) is 0 Å². The summed E-state index contributed by atoms with van der Waals surface area (Å²) in [5.41, 5.74) is 9.46. The van der Waals surface area contributed by atoms with Crippen LogP contribution in [0.3, 0.4) is 0 Å². The van der Waals surface area contributed by atoms with Crippen molar-refractivity contribution in [1.29, 1.82) is 0 Å². The fourth-order valence-corrected chi connectivity index (χ4v) is 11.2. The van der Waals surface area contributed by atoms with Crippen molar-refractivity contribution in [3.05, 3.63) is 162 Å². The Hall–Kier alpha value is -9.18. The summed E-state index contributed by atoms with van der Waals surface area (Å²) in [6.45, 7) is 9.99. The molecule has 0 bridgehead atoms. The Labute approximate surface area is 577 Å². The second-order valence-corrected chi connectivity index (χ2v) is 23.7. The number of esters is 6. The second kappa shape index (κ2) is 43.2. The van der Waals surface area contributed by atoms with Gasteiger partial charge in [-0.3, -0.25) is 28.8 Å². The predicted molar refractivity (Wildman–Crippen MR) is 375 cm³/mol. The van der Waals surface area contributed by atoms with Crippen molar-refractivity contribution in [2.45, 2.75) is 85.0 Å². The molecule has 21 nitrogen and oxygen atoms in total. The molecule has 2 atom stereocenters. The van der Waals surface area contributed by atoms with Gasteiger partial charge >= 0.3 is 35.8 Å². The van der Waals surface area contributed by atoms with Gasteiger partial charge in [-0.25, -0.2) is 0 Å². The van der Waals surface area contributed by atoms with E-state index in [2.05, 4.69) is 70.2 Å². The van der Waals surface area contributed by atoms with Gasteiger partial charge in [0.1, 0.15) is 56.9 Å². The van der Waals surface area contributed by atoms with Crippen LogP contribution in [0.2, 0.25) is 0 Å². The lowest BCUT2D eigenvalue weighted by Gasteiger charge is -2.29. The summed E-state index contributed by atoms with van der Waals surface area (Å²) in [7, 11) is 9.56. The zero-order valence-corrected chi connectivity index (χ0v) is 58.4. The molecule has 530 valence electrons. The highest BCUT2D eigenvalue weighted by Gasteiger charge is 2.38. The topological polar surface area (TPSA) is 223 Å². The summed E-state index contributed by atoms with van der Waals surface area (Å²) < 4.78 is 62.6. The molecule has 2 saturated carbocycles. The van der Waals surface area contributed by atoms with Crippen LogP contribution in [0.1, 0.15) is 80.9 Å². The van der Waals surface area contributed by atoms with E-state index >= 15 is 0 Å². The molecule has 6 aromatic rings. The highest BCUT2D eigenvalue weighted by Crippen LogP contribution is 2.35. The molecular formula is C77H99N3O18. The van der Waals surface area contributed by atoms with E-state index in [-0.39, 0.29) is 88.2 Å². The molecule has 2 aliphatic rings. The Morgan fingerprint density at radius 1 is 0.306 bits per heavy atom. The summed E-state index contributed by atoms with van der Waals surface area (Å²) in [6.07, 6.45) is 5.65. The maximum absolute atomic E-state index is 12.9. The minimum atomic E-state index is -0.461. The molecule has 0 spiro atoms. The number of nitrogens with zero attached hydrogens (tertiary/aromatic N) is 3. The molecule has 0 heterocycles. The van der Waals surface area contributed by atoms with E-state index in [0.717, 1.165) is 69.8 Å². The zero-order valence-electron chi connectivity index (χ0n) is 58.4. The monoisotopic (exact) mass is 1350 g/mol. The number of hydrogen-bond acceptors (Lipinski definition) is 21. The third kappa shape index (κ3) is 26.3. The number of carbonyl (C=O) groups is 6. The van der Waals surface area contributed by atoms with Gasteiger partial charge in [-0.1, -0.05) is 65.9 Å². The summed E-state index contributed by atoms with van der Waals surface area (Å²) in [6, 6.07) is 47.9. The van der Waals surface area contributed by atoms with Gasteiger partial charge in [-0.05, 0) is 168 Å². The normalized spacial score (nSPS) is 15.4. The Kier molecular flexibility index (Phi) is 34.3. The van der Waals surface area contributed by atoms with Crippen molar-refractivity contribution in [2.75, 3.05) is 136 Å². The average Bonchev–Trinajstić information content (AvgIpc) is 0.867. The van der Waals surface area contributed by atoms with E-state index in [9.17, 15) is 28.8 Å². The van der Waals surface area contributed by atoms with Gasteiger partial charge in [-0.15, -0.1) is 0 Å². The SMILES string of the molecule is COCCOC(=O)C1CCC(C(=O)OCCN(c2ccc(C)cc2)c2ccc(OC)cc2)CC1.COCCOC(=O)C1CCCCC1C(=O)OCCN(c1ccc(C)cc1)c1ccc(OC)cc1.COCCOC(=O)CCC(=O)OCCN(c1ccc(C)cc1)c1ccc(OC)cc1. The number of rotatable bonds is 34. The molecule has 0 aromatic heterocycles. The summed E-state index contributed by atoms with van der Waals surface area (Å²) in [5.74, 6) is -0.813. The molecule has 0 N–H and O–H groups in total. The first-order chi connectivity index (χ1) is 47.6. The number of anilines is 6. The first-order valence-corrected chi connectivity index (χ1v) is 33.5. The third-order valence-electron chi connectivity index (χ3n) is 16.8. The van der Waals surface area contributed by atoms with Gasteiger partial charge in [0.15, 0.2) is 0 Å². The molecule has 2 aliphatic carbocycles. The van der Waals surface area contributed by atoms with Crippen molar-refractivity contribution < 1.29 is 85.6 Å². The Bertz CT molecular complexity index is 3310. The smallest absolute Gasteiger partial charge is 0.309 e. The van der Waals surface area contributed by atoms with Crippen molar-refractivity contribution in [1.82, 2.24) is 0 Å². The standard InChI is InChI=1S/2C27H35NO6.C23H29NO6/c1-20-4-10-23(11-5-20)28(24-12-14-25(32-3)15-13-24)16-17-33-26(29)21-6-8-22(9-7-21)27(30)34-19-18-31-2;1-20-8-10-21(11-9-20)28(22-12-14-23(32-3)15-13-22)16-17-33-26(29)24-6-4-5-7-25(24)27(30)34-19-18-31-2;1-18-4-6-19(7-5-18)24(20-8-10-21(28-3)11-9-20)14-15-29-22(25)12-13-23(26)30-17-16-27-2/h4-5,10-15,21-22H,6-9,16-19H2,1-3H3;8-15,24-25H,4-7,16-19H2,1-3H3;4-11H,12-17H2,1-3H3. The molecule has 0 amide bonds. The maximum atomic E-state index is 12.9. The molecular weight excluding hydrogens is 1250 g/mol. The molecule has 0 radical (unpaired) electrons. The summed E-state index contributed by atoms with van der Waals surface area (Å²) >= 11 is 0. The van der Waals surface area contributed by atoms with Gasteiger partial charge in [0.25, 0.3) is 0 Å². The van der Waals surface area contributed by atoms with Crippen molar-refractivity contribution >= 4 is 69.9 Å². The predicted octanol–water partition coefficient (Wildman–Crippen LogP) is 13.0. The molecule has 8 rings (SSSR count). The van der Waals surface area contributed by atoms with Gasteiger partial charge in [0.2, 0.25) is 0 Å². The van der Waals surface area contributed by atoms with Gasteiger partial charge < -0.3 is 71.5 Å². The first-order valence-electron chi connectivity index (χ1n) is 33.5. The van der Waals surface area contributed by atoms with Crippen molar-refractivity contribution in [3.63, 3.8) is 0 Å². The molecule has 0 aliphatic heterocycles. The lowest BCUT2D eigenvalue weighted by Crippen LogP contribution is -2.36. The fourth-order valence-electron chi connectivity index (χ4n) is 11.2. The van der Waals surface area contributed by atoms with E-state index in [1.54, 1.807) is 35.5 Å². The van der Waals surface area contributed by atoms with Crippen molar-refractivity contribution in [3.8, 4) is 17.2 Å². The van der Waals surface area contributed by atoms with Crippen LogP contribution in [0, 0.1) is 44.4 Å². The average molecular weight is 1350 g/mol. The van der Waals surface area contributed by atoms with E-state index < -0.39 is 23.8 Å². The zero-order chi connectivity index (χ0) is 70.4. The number of methoxy groups -OCH3 is 6. The largest absolute Gasteiger partial charge is 0.497 e. The summed E-state index contributed by atoms with van der Waals surface area (Å²) in [5, 5.41) is 0. The van der Waals surface area contributed by atoms with Crippen LogP contribution < -0.4 is 28.9 Å². The molecule has 21 heteroatoms. The minimum absolute atomic E-state index is 0.0112.